The van der Waals surface area contributed by atoms with Crippen molar-refractivity contribution in [1.82, 2.24) is 5.32 Å². The van der Waals surface area contributed by atoms with Gasteiger partial charge in [0.05, 0.1) is 5.56 Å². The zero-order valence-electron chi connectivity index (χ0n) is 27.2. The summed E-state index contributed by atoms with van der Waals surface area (Å²) in [6, 6.07) is 10.1. The van der Waals surface area contributed by atoms with Crippen LogP contribution >= 0.6 is 0 Å². The molecule has 0 unspecified atom stereocenters. The van der Waals surface area contributed by atoms with E-state index in [4.69, 9.17) is 5.73 Å². The van der Waals surface area contributed by atoms with Crippen LogP contribution in [0.4, 0.5) is 5.69 Å². The number of aliphatic hydroxyl groups excluding tert-OH is 2. The fourth-order valence-electron chi connectivity index (χ4n) is 7.93. The SMILES string of the molecule is Cc1ccc(C2=CCC(NCc3cc(N(C)C)c4c(c3O)C(O)=C3C(=O)[C@]5(O)C(O)=C(C(N)=O)C(=O)[C@@H](C(C)C)[C@@H]5C[C@@H]3C4)=C2)cc1. The molecule has 4 aliphatic carbocycles. The van der Waals surface area contributed by atoms with E-state index in [1.165, 1.54) is 5.56 Å². The fourth-order valence-corrected chi connectivity index (χ4v) is 7.93. The van der Waals surface area contributed by atoms with Crippen molar-refractivity contribution in [3.63, 3.8) is 0 Å². The van der Waals surface area contributed by atoms with Gasteiger partial charge in [-0.1, -0.05) is 49.8 Å². The molecule has 0 saturated heterocycles. The Hall–Kier alpha value is -4.83. The van der Waals surface area contributed by atoms with Crippen molar-refractivity contribution in [1.29, 1.82) is 0 Å². The number of phenols is 1. The lowest BCUT2D eigenvalue weighted by Gasteiger charge is -2.50. The molecule has 0 radical (unpaired) electrons. The second-order valence-electron chi connectivity index (χ2n) is 13.7. The predicted molar refractivity (Wildman–Crippen MR) is 178 cm³/mol. The molecule has 10 nitrogen and oxygen atoms in total. The number of aliphatic hydroxyl groups is 3. The first kappa shape index (κ1) is 32.1. The van der Waals surface area contributed by atoms with E-state index in [1.54, 1.807) is 13.8 Å². The molecule has 0 heterocycles. The summed E-state index contributed by atoms with van der Waals surface area (Å²) in [6.45, 7) is 5.76. The lowest BCUT2D eigenvalue weighted by Crippen LogP contribution is -2.62. The molecular weight excluding hydrogens is 598 g/mol. The normalized spacial score (nSPS) is 25.3. The van der Waals surface area contributed by atoms with Gasteiger partial charge in [0.2, 0.25) is 5.78 Å². The maximum atomic E-state index is 14.2. The summed E-state index contributed by atoms with van der Waals surface area (Å²) in [5.74, 6) is -7.75. The van der Waals surface area contributed by atoms with Gasteiger partial charge < -0.3 is 36.4 Å². The number of primary amides is 1. The number of amides is 1. The Bertz CT molecular complexity index is 1850. The molecule has 1 fully saturated rings. The molecule has 1 saturated carbocycles. The van der Waals surface area contributed by atoms with E-state index < -0.39 is 57.9 Å². The second-order valence-corrected chi connectivity index (χ2v) is 13.7. The van der Waals surface area contributed by atoms with Gasteiger partial charge >= 0.3 is 0 Å². The number of phenolic OH excluding ortho intramolecular Hbond substituents is 1. The summed E-state index contributed by atoms with van der Waals surface area (Å²) >= 11 is 0. The number of rotatable bonds is 7. The van der Waals surface area contributed by atoms with Crippen molar-refractivity contribution in [2.24, 2.45) is 29.4 Å². The molecule has 47 heavy (non-hydrogen) atoms. The van der Waals surface area contributed by atoms with Gasteiger partial charge in [0.1, 0.15) is 22.8 Å². The molecule has 0 aliphatic heterocycles. The number of hydrogen-bond donors (Lipinski definition) is 6. The lowest BCUT2D eigenvalue weighted by molar-refractivity contribution is -0.155. The number of anilines is 1. The first-order valence-corrected chi connectivity index (χ1v) is 15.9. The molecule has 1 amide bonds. The van der Waals surface area contributed by atoms with E-state index in [9.17, 15) is 34.8 Å². The first-order chi connectivity index (χ1) is 22.2. The predicted octanol–water partition coefficient (Wildman–Crippen LogP) is 4.14. The number of nitrogens with zero attached hydrogens (tertiary/aromatic N) is 1. The standard InChI is InChI=1S/C37H41N3O7/c1-17(2)27-25-14-21-13-24-26(40(4)5)15-22(16-39-23-11-10-20(12-23)19-8-6-18(3)7-9-19)31(41)29(24)33(43)28(21)34(44)37(25,47)35(45)30(32(27)42)36(38)46/h6-10,12,15,17,21,25,27,39,41,43,45,47H,11,13-14,16H2,1-5H3,(H2,38,46)/t21-,25-,27-,37-/m0/s1. The maximum Gasteiger partial charge on any atom is 0.255 e. The number of ketones is 2. The molecule has 2 aromatic rings. The number of hydrogen-bond acceptors (Lipinski definition) is 9. The number of allylic oxidation sites excluding steroid dienone is 3. The van der Waals surface area contributed by atoms with E-state index in [2.05, 4.69) is 41.7 Å². The number of aromatic hydroxyl groups is 1. The van der Waals surface area contributed by atoms with E-state index in [0.29, 0.717) is 17.5 Å². The molecular formula is C37H41N3O7. The number of benzene rings is 2. The topological polar surface area (TPSA) is 173 Å². The minimum Gasteiger partial charge on any atom is -0.508 e. The van der Waals surface area contributed by atoms with Gasteiger partial charge in [0.15, 0.2) is 11.4 Å². The van der Waals surface area contributed by atoms with Gasteiger partial charge in [-0.2, -0.15) is 0 Å². The van der Waals surface area contributed by atoms with Crippen molar-refractivity contribution in [3.05, 3.63) is 92.9 Å². The quantitative estimate of drug-likeness (QED) is 0.244. The number of nitrogens with two attached hydrogens (primary N) is 1. The van der Waals surface area contributed by atoms with Crippen molar-refractivity contribution in [2.45, 2.75) is 52.2 Å². The Morgan fingerprint density at radius 2 is 1.81 bits per heavy atom. The molecule has 10 heteroatoms. The van der Waals surface area contributed by atoms with Crippen LogP contribution in [0.15, 0.2) is 65.1 Å². The smallest absolute Gasteiger partial charge is 0.255 e. The Kier molecular flexibility index (Phi) is 7.83. The third-order valence-electron chi connectivity index (χ3n) is 10.3. The van der Waals surface area contributed by atoms with Gasteiger partial charge in [0.25, 0.3) is 5.91 Å². The van der Waals surface area contributed by atoms with Crippen molar-refractivity contribution in [3.8, 4) is 5.75 Å². The molecule has 0 aromatic heterocycles. The molecule has 246 valence electrons. The zero-order chi connectivity index (χ0) is 34.1. The molecule has 0 spiro atoms. The summed E-state index contributed by atoms with van der Waals surface area (Å²) in [4.78, 5) is 41.7. The summed E-state index contributed by atoms with van der Waals surface area (Å²) < 4.78 is 0. The van der Waals surface area contributed by atoms with Crippen LogP contribution in [0.25, 0.3) is 11.3 Å². The largest absolute Gasteiger partial charge is 0.508 e. The van der Waals surface area contributed by atoms with Gasteiger partial charge in [-0.25, -0.2) is 0 Å². The monoisotopic (exact) mass is 639 g/mol. The van der Waals surface area contributed by atoms with Gasteiger partial charge in [-0.15, -0.1) is 0 Å². The van der Waals surface area contributed by atoms with Gasteiger partial charge in [-0.3, -0.25) is 14.4 Å². The average Bonchev–Trinajstić information content (AvgIpc) is 3.47. The van der Waals surface area contributed by atoms with E-state index in [0.717, 1.165) is 22.5 Å². The molecule has 0 bridgehead atoms. The first-order valence-electron chi connectivity index (χ1n) is 15.9. The molecule has 6 rings (SSSR count). The van der Waals surface area contributed by atoms with E-state index in [-0.39, 0.29) is 42.2 Å². The van der Waals surface area contributed by atoms with Crippen LogP contribution < -0.4 is 16.0 Å². The molecule has 4 aliphatic rings. The van der Waals surface area contributed by atoms with Crippen LogP contribution in [0.5, 0.6) is 5.75 Å². The third kappa shape index (κ3) is 4.93. The second kappa shape index (κ2) is 11.5. The molecule has 4 atom stereocenters. The summed E-state index contributed by atoms with van der Waals surface area (Å²) in [5, 5.41) is 49.8. The minimum absolute atomic E-state index is 0.0766. The highest BCUT2D eigenvalue weighted by molar-refractivity contribution is 6.23. The Morgan fingerprint density at radius 1 is 1.13 bits per heavy atom. The molecule has 2 aromatic carbocycles. The van der Waals surface area contributed by atoms with Crippen molar-refractivity contribution < 1.29 is 34.8 Å². The Morgan fingerprint density at radius 3 is 2.43 bits per heavy atom. The maximum absolute atomic E-state index is 14.2. The highest BCUT2D eigenvalue weighted by Crippen LogP contribution is 2.55. The fraction of sp³-hybridized carbons (Fsp3) is 0.378. The average molecular weight is 640 g/mol. The minimum atomic E-state index is -2.64. The number of carbonyl (C=O) groups excluding carboxylic acids is 3. The lowest BCUT2D eigenvalue weighted by atomic mass is 9.54. The van der Waals surface area contributed by atoms with Crippen molar-refractivity contribution >= 4 is 34.5 Å². The van der Waals surface area contributed by atoms with Gasteiger partial charge in [-0.05, 0) is 60.4 Å². The Labute approximate surface area is 273 Å². The summed E-state index contributed by atoms with van der Waals surface area (Å²) in [6.07, 6.45) is 5.19. The van der Waals surface area contributed by atoms with Gasteiger partial charge in [0, 0.05) is 61.4 Å². The number of carbonyl (C=O) groups is 3. The Balaban J connectivity index is 1.39. The number of nitrogens with one attached hydrogen (secondary N) is 1. The molecule has 7 N–H and O–H groups in total. The van der Waals surface area contributed by atoms with Crippen LogP contribution in [0.3, 0.4) is 0 Å². The highest BCUT2D eigenvalue weighted by Gasteiger charge is 2.64. The summed E-state index contributed by atoms with van der Waals surface area (Å²) in [5.41, 5.74) is 8.15. The third-order valence-corrected chi connectivity index (χ3v) is 10.3. The van der Waals surface area contributed by atoms with E-state index in [1.807, 2.05) is 32.0 Å². The number of fused-ring (bicyclic) bond motifs is 3. The van der Waals surface area contributed by atoms with Crippen LogP contribution in [0.1, 0.15) is 54.5 Å². The highest BCUT2D eigenvalue weighted by atomic mass is 16.3. The zero-order valence-corrected chi connectivity index (χ0v) is 27.2. The van der Waals surface area contributed by atoms with Crippen molar-refractivity contribution in [2.75, 3.05) is 19.0 Å². The van der Waals surface area contributed by atoms with Crippen LogP contribution in [-0.4, -0.2) is 57.6 Å². The van der Waals surface area contributed by atoms with E-state index >= 15 is 0 Å². The van der Waals surface area contributed by atoms with Crippen LogP contribution in [-0.2, 0) is 27.3 Å². The number of aryl methyl sites for hydroxylation is 1. The van der Waals surface area contributed by atoms with Crippen LogP contribution in [0, 0.1) is 30.6 Å². The van der Waals surface area contributed by atoms with Crippen LogP contribution in [0.2, 0.25) is 0 Å². The number of Topliss-reactive ketones (excluding diaryl/α,β-unsaturated/α-hetero) is 2. The summed E-state index contributed by atoms with van der Waals surface area (Å²) in [7, 11) is 3.70.